The highest BCUT2D eigenvalue weighted by molar-refractivity contribution is 7.07. The number of aromatic amines is 1. The smallest absolute Gasteiger partial charge is 0.315 e. The van der Waals surface area contributed by atoms with Gasteiger partial charge in [0, 0.05) is 24.8 Å². The quantitative estimate of drug-likeness (QED) is 0.766. The van der Waals surface area contributed by atoms with E-state index in [0.29, 0.717) is 18.7 Å². The summed E-state index contributed by atoms with van der Waals surface area (Å²) in [6, 6.07) is 2.11. The van der Waals surface area contributed by atoms with Crippen LogP contribution in [0.25, 0.3) is 0 Å². The highest BCUT2D eigenvalue weighted by atomic mass is 32.1. The maximum absolute atomic E-state index is 11.5. The number of thiophene rings is 1. The van der Waals surface area contributed by atoms with E-state index >= 15 is 0 Å². The fraction of sp³-hybridized carbons (Fsp3) is 0.385. The van der Waals surface area contributed by atoms with Crippen LogP contribution in [0.2, 0.25) is 0 Å². The van der Waals surface area contributed by atoms with Crippen molar-refractivity contribution < 1.29 is 0 Å². The minimum atomic E-state index is -0.352. The predicted octanol–water partition coefficient (Wildman–Crippen LogP) is 0.739. The average molecular weight is 279 g/mol. The van der Waals surface area contributed by atoms with Gasteiger partial charge in [0.25, 0.3) is 5.56 Å². The van der Waals surface area contributed by atoms with E-state index in [4.69, 9.17) is 0 Å². The van der Waals surface area contributed by atoms with Gasteiger partial charge in [0.05, 0.1) is 0 Å². The van der Waals surface area contributed by atoms with E-state index in [9.17, 15) is 9.59 Å². The first-order valence-electron chi connectivity index (χ1n) is 6.19. The Morgan fingerprint density at radius 1 is 1.37 bits per heavy atom. The lowest BCUT2D eigenvalue weighted by Crippen LogP contribution is -2.33. The highest BCUT2D eigenvalue weighted by Crippen LogP contribution is 2.05. The molecule has 0 bridgehead atoms. The number of rotatable bonds is 6. The third-order valence-corrected chi connectivity index (χ3v) is 3.62. The third-order valence-electron chi connectivity index (χ3n) is 2.89. The fourth-order valence-corrected chi connectivity index (χ4v) is 2.48. The molecule has 2 N–H and O–H groups in total. The van der Waals surface area contributed by atoms with Crippen molar-refractivity contribution in [2.45, 2.75) is 19.9 Å². The maximum Gasteiger partial charge on any atom is 0.328 e. The number of hydrogen-bond acceptors (Lipinski definition) is 4. The summed E-state index contributed by atoms with van der Waals surface area (Å²) < 4.78 is 1.52. The van der Waals surface area contributed by atoms with Crippen molar-refractivity contribution in [3.05, 3.63) is 55.0 Å². The summed E-state index contributed by atoms with van der Waals surface area (Å²) in [4.78, 5) is 25.0. The van der Waals surface area contributed by atoms with Crippen LogP contribution in [-0.4, -0.2) is 22.6 Å². The number of H-pyrrole nitrogens is 1. The fourth-order valence-electron chi connectivity index (χ4n) is 1.78. The van der Waals surface area contributed by atoms with E-state index in [-0.39, 0.29) is 11.2 Å². The number of hydrogen-bond donors (Lipinski definition) is 2. The molecule has 0 amide bonds. The molecule has 0 unspecified atom stereocenters. The number of nitrogens with one attached hydrogen (secondary N) is 2. The van der Waals surface area contributed by atoms with Gasteiger partial charge in [0.15, 0.2) is 0 Å². The summed E-state index contributed by atoms with van der Waals surface area (Å²) in [6.07, 6.45) is 2.59. The first kappa shape index (κ1) is 13.8. The van der Waals surface area contributed by atoms with Gasteiger partial charge in [-0.3, -0.25) is 14.3 Å². The Morgan fingerprint density at radius 3 is 2.95 bits per heavy atom. The van der Waals surface area contributed by atoms with Crippen LogP contribution < -0.4 is 16.6 Å². The molecular formula is C13H17N3O2S. The molecule has 2 heterocycles. The van der Waals surface area contributed by atoms with E-state index in [1.807, 2.05) is 0 Å². The molecule has 19 heavy (non-hydrogen) atoms. The second kappa shape index (κ2) is 6.49. The molecule has 2 rings (SSSR count). The molecule has 0 fully saturated rings. The minimum Gasteiger partial charge on any atom is -0.315 e. The number of aryl methyl sites for hydroxylation is 1. The van der Waals surface area contributed by atoms with Crippen molar-refractivity contribution in [2.75, 3.05) is 13.1 Å². The lowest BCUT2D eigenvalue weighted by Gasteiger charge is -2.07. The predicted molar refractivity (Wildman–Crippen MR) is 77.0 cm³/mol. The molecule has 0 radical (unpaired) electrons. The van der Waals surface area contributed by atoms with Crippen LogP contribution in [0.1, 0.15) is 11.1 Å². The largest absolute Gasteiger partial charge is 0.328 e. The van der Waals surface area contributed by atoms with Gasteiger partial charge < -0.3 is 5.32 Å². The van der Waals surface area contributed by atoms with Crippen molar-refractivity contribution >= 4 is 11.3 Å². The van der Waals surface area contributed by atoms with Crippen LogP contribution in [0.3, 0.4) is 0 Å². The molecule has 0 aliphatic carbocycles. The van der Waals surface area contributed by atoms with Crippen LogP contribution >= 0.6 is 11.3 Å². The molecule has 2 aromatic rings. The zero-order valence-electron chi connectivity index (χ0n) is 10.8. The Labute approximate surface area is 114 Å². The summed E-state index contributed by atoms with van der Waals surface area (Å²) in [7, 11) is 0. The Balaban J connectivity index is 1.78. The van der Waals surface area contributed by atoms with Crippen LogP contribution in [0.15, 0.2) is 32.6 Å². The van der Waals surface area contributed by atoms with Crippen molar-refractivity contribution in [2.24, 2.45) is 0 Å². The number of nitrogens with zero attached hydrogens (tertiary/aromatic N) is 1. The summed E-state index contributed by atoms with van der Waals surface area (Å²) in [6.45, 7) is 3.84. The summed E-state index contributed by atoms with van der Waals surface area (Å²) in [5.74, 6) is 0. The molecule has 0 aromatic carbocycles. The Morgan fingerprint density at radius 2 is 2.21 bits per heavy atom. The molecule has 0 aliphatic rings. The molecule has 6 heteroatoms. The summed E-state index contributed by atoms with van der Waals surface area (Å²) >= 11 is 1.70. The van der Waals surface area contributed by atoms with Gasteiger partial charge in [-0.2, -0.15) is 11.3 Å². The van der Waals surface area contributed by atoms with E-state index in [2.05, 4.69) is 27.1 Å². The van der Waals surface area contributed by atoms with Crippen LogP contribution in [0.4, 0.5) is 0 Å². The standard InChI is InChI=1S/C13H17N3O2S/c1-10-8-16(13(18)15-12(10)17)6-5-14-4-2-11-3-7-19-9-11/h3,7-9,14H,2,4-6H2,1H3,(H,15,17,18). The van der Waals surface area contributed by atoms with Crippen molar-refractivity contribution in [3.8, 4) is 0 Å². The van der Waals surface area contributed by atoms with E-state index in [0.717, 1.165) is 13.0 Å². The van der Waals surface area contributed by atoms with E-state index in [1.54, 1.807) is 24.5 Å². The lowest BCUT2D eigenvalue weighted by molar-refractivity contribution is 0.573. The topological polar surface area (TPSA) is 66.9 Å². The van der Waals surface area contributed by atoms with E-state index in [1.165, 1.54) is 10.1 Å². The van der Waals surface area contributed by atoms with Gasteiger partial charge >= 0.3 is 5.69 Å². The molecule has 0 saturated carbocycles. The van der Waals surface area contributed by atoms with Crippen molar-refractivity contribution in [1.29, 1.82) is 0 Å². The van der Waals surface area contributed by atoms with Crippen LogP contribution in [0, 0.1) is 6.92 Å². The second-order valence-electron chi connectivity index (χ2n) is 4.40. The Hall–Kier alpha value is -1.66. The van der Waals surface area contributed by atoms with Crippen LogP contribution in [0.5, 0.6) is 0 Å². The Kier molecular flexibility index (Phi) is 4.70. The molecule has 102 valence electrons. The van der Waals surface area contributed by atoms with Gasteiger partial charge in [-0.05, 0) is 42.3 Å². The maximum atomic E-state index is 11.5. The van der Waals surface area contributed by atoms with Crippen molar-refractivity contribution in [3.63, 3.8) is 0 Å². The molecule has 0 spiro atoms. The van der Waals surface area contributed by atoms with Gasteiger partial charge in [-0.25, -0.2) is 4.79 Å². The van der Waals surface area contributed by atoms with Crippen molar-refractivity contribution in [1.82, 2.24) is 14.9 Å². The molecule has 0 saturated heterocycles. The highest BCUT2D eigenvalue weighted by Gasteiger charge is 2.00. The molecule has 0 aliphatic heterocycles. The third kappa shape index (κ3) is 3.90. The summed E-state index contributed by atoms with van der Waals surface area (Å²) in [5.41, 5.74) is 1.22. The zero-order valence-corrected chi connectivity index (χ0v) is 11.6. The van der Waals surface area contributed by atoms with Gasteiger partial charge in [0.2, 0.25) is 0 Å². The molecule has 0 atom stereocenters. The van der Waals surface area contributed by atoms with Crippen LogP contribution in [-0.2, 0) is 13.0 Å². The second-order valence-corrected chi connectivity index (χ2v) is 5.18. The lowest BCUT2D eigenvalue weighted by atomic mass is 10.2. The first-order chi connectivity index (χ1) is 9.16. The SMILES string of the molecule is Cc1cn(CCNCCc2ccsc2)c(=O)[nH]c1=O. The minimum absolute atomic E-state index is 0.313. The zero-order chi connectivity index (χ0) is 13.7. The van der Waals surface area contributed by atoms with E-state index < -0.39 is 0 Å². The first-order valence-corrected chi connectivity index (χ1v) is 7.13. The molecule has 2 aromatic heterocycles. The number of aromatic nitrogens is 2. The van der Waals surface area contributed by atoms with Gasteiger partial charge in [-0.1, -0.05) is 0 Å². The molecular weight excluding hydrogens is 262 g/mol. The van der Waals surface area contributed by atoms with Gasteiger partial charge in [-0.15, -0.1) is 0 Å². The average Bonchev–Trinajstić information content (AvgIpc) is 2.88. The monoisotopic (exact) mass is 279 g/mol. The normalized spacial score (nSPS) is 10.8. The summed E-state index contributed by atoms with van der Waals surface area (Å²) in [5, 5.41) is 7.49. The Bertz CT molecular complexity index is 628. The van der Waals surface area contributed by atoms with Gasteiger partial charge in [0.1, 0.15) is 0 Å². The molecule has 5 nitrogen and oxygen atoms in total.